The summed E-state index contributed by atoms with van der Waals surface area (Å²) in [5.74, 6) is 0.0102. The van der Waals surface area contributed by atoms with E-state index in [9.17, 15) is 23.1 Å². The Balaban J connectivity index is 1.32. The van der Waals surface area contributed by atoms with Crippen molar-refractivity contribution < 1.29 is 27.9 Å². The van der Waals surface area contributed by atoms with Gasteiger partial charge in [-0.1, -0.05) is 25.3 Å². The zero-order valence-corrected chi connectivity index (χ0v) is 25.0. The van der Waals surface area contributed by atoms with Crippen molar-refractivity contribution in [3.63, 3.8) is 0 Å². The van der Waals surface area contributed by atoms with E-state index in [1.165, 1.54) is 12.0 Å². The molecule has 226 valence electrons. The maximum absolute atomic E-state index is 14.3. The van der Waals surface area contributed by atoms with Gasteiger partial charge >= 0.3 is 0 Å². The van der Waals surface area contributed by atoms with Crippen molar-refractivity contribution in [3.8, 4) is 17.0 Å². The molecule has 2 unspecified atom stereocenters. The molecule has 3 aliphatic carbocycles. The van der Waals surface area contributed by atoms with Crippen LogP contribution in [0.4, 0.5) is 0 Å². The molecular weight excluding hydrogens is 566 g/mol. The number of benzene rings is 2. The van der Waals surface area contributed by atoms with Crippen LogP contribution in [0.15, 0.2) is 36.4 Å². The Morgan fingerprint density at radius 3 is 2.49 bits per heavy atom. The predicted octanol–water partition coefficient (Wildman–Crippen LogP) is 4.63. The molecule has 2 aromatic carbocycles. The lowest BCUT2D eigenvalue weighted by molar-refractivity contribution is -0.141. The molecule has 9 nitrogen and oxygen atoms in total. The molecule has 3 saturated carbocycles. The largest absolute Gasteiger partial charge is 0.508 e. The van der Waals surface area contributed by atoms with Crippen LogP contribution in [0.3, 0.4) is 0 Å². The number of nitrogens with zero attached hydrogens (tertiary/aromatic N) is 2. The standard InChI is InChI=1S/C33H37N3O6S/c37-22-7-11-24-26(17-22)27-18-33(27,32(39)35-12-14-42-15-13-35)19-36-28-16-21(31(38)34-43(40,41)23-8-9-23)6-10-25(28)29(30(24)36)20-4-2-1-3-5-20/h6-7,10-11,16-17,20,23,27,37H,1-5,8-9,12-15,18-19H2,(H,34,38). The number of nitrogens with one attached hydrogen (secondary N) is 1. The van der Waals surface area contributed by atoms with E-state index in [-0.39, 0.29) is 17.6 Å². The number of ether oxygens (including phenoxy) is 1. The fourth-order valence-corrected chi connectivity index (χ4v) is 9.34. The van der Waals surface area contributed by atoms with Gasteiger partial charge in [0.15, 0.2) is 0 Å². The molecule has 4 fully saturated rings. The van der Waals surface area contributed by atoms with Crippen molar-refractivity contribution in [1.29, 1.82) is 0 Å². The number of carbonyl (C=O) groups is 2. The van der Waals surface area contributed by atoms with Crippen LogP contribution < -0.4 is 4.72 Å². The number of aromatic nitrogens is 1. The van der Waals surface area contributed by atoms with Crippen LogP contribution in [0.2, 0.25) is 0 Å². The second-order valence-corrected chi connectivity index (χ2v) is 15.1. The third kappa shape index (κ3) is 4.39. The summed E-state index contributed by atoms with van der Waals surface area (Å²) < 4.78 is 35.3. The quantitative estimate of drug-likeness (QED) is 0.439. The highest BCUT2D eigenvalue weighted by Gasteiger charge is 2.64. The van der Waals surface area contributed by atoms with Gasteiger partial charge in [0.1, 0.15) is 5.75 Å². The van der Waals surface area contributed by atoms with E-state index in [0.717, 1.165) is 53.4 Å². The molecule has 43 heavy (non-hydrogen) atoms. The van der Waals surface area contributed by atoms with Crippen molar-refractivity contribution in [2.75, 3.05) is 26.3 Å². The lowest BCUT2D eigenvalue weighted by Crippen LogP contribution is -2.45. The Kier molecular flexibility index (Phi) is 6.21. The number of aromatic hydroxyl groups is 1. The molecule has 0 radical (unpaired) electrons. The Morgan fingerprint density at radius 2 is 1.74 bits per heavy atom. The van der Waals surface area contributed by atoms with Crippen molar-refractivity contribution in [1.82, 2.24) is 14.2 Å². The maximum atomic E-state index is 14.3. The fourth-order valence-electron chi connectivity index (χ4n) is 8.04. The van der Waals surface area contributed by atoms with Crippen LogP contribution in [0.25, 0.3) is 22.2 Å². The monoisotopic (exact) mass is 603 g/mol. The molecular formula is C33H37N3O6S. The van der Waals surface area contributed by atoms with Gasteiger partial charge in [-0.2, -0.15) is 0 Å². The number of hydrogen-bond acceptors (Lipinski definition) is 6. The smallest absolute Gasteiger partial charge is 0.264 e. The highest BCUT2D eigenvalue weighted by molar-refractivity contribution is 7.91. The predicted molar refractivity (Wildman–Crippen MR) is 161 cm³/mol. The number of fused-ring (bicyclic) bond motifs is 7. The average molecular weight is 604 g/mol. The van der Waals surface area contributed by atoms with Crippen LogP contribution in [0, 0.1) is 5.41 Å². The minimum atomic E-state index is -3.69. The third-order valence-electron chi connectivity index (χ3n) is 10.5. The second-order valence-electron chi connectivity index (χ2n) is 13.2. The molecule has 3 heterocycles. The summed E-state index contributed by atoms with van der Waals surface area (Å²) in [6.07, 6.45) is 7.51. The Bertz CT molecular complexity index is 1760. The topological polar surface area (TPSA) is 118 Å². The number of phenolic OH excluding ortho intramolecular Hbond substituents is 1. The van der Waals surface area contributed by atoms with Crippen LogP contribution in [-0.2, 0) is 26.1 Å². The number of phenols is 1. The van der Waals surface area contributed by atoms with Crippen molar-refractivity contribution in [2.45, 2.75) is 75.0 Å². The van der Waals surface area contributed by atoms with Crippen molar-refractivity contribution in [3.05, 3.63) is 53.1 Å². The summed E-state index contributed by atoms with van der Waals surface area (Å²) >= 11 is 0. The van der Waals surface area contributed by atoms with Crippen LogP contribution in [-0.4, -0.2) is 66.4 Å². The summed E-state index contributed by atoms with van der Waals surface area (Å²) in [7, 11) is -3.69. The van der Waals surface area contributed by atoms with Gasteiger partial charge in [0.2, 0.25) is 15.9 Å². The Morgan fingerprint density at radius 1 is 0.977 bits per heavy atom. The van der Waals surface area contributed by atoms with Gasteiger partial charge in [0.25, 0.3) is 5.91 Å². The number of rotatable bonds is 5. The van der Waals surface area contributed by atoms with Crippen LogP contribution in [0.5, 0.6) is 5.75 Å². The first-order valence-corrected chi connectivity index (χ1v) is 17.2. The van der Waals surface area contributed by atoms with Gasteiger partial charge in [-0.05, 0) is 79.5 Å². The zero-order chi connectivity index (χ0) is 29.5. The summed E-state index contributed by atoms with van der Waals surface area (Å²) in [5, 5.41) is 11.2. The second kappa shape index (κ2) is 9.82. The first-order chi connectivity index (χ1) is 20.8. The molecule has 10 heteroatoms. The average Bonchev–Trinajstić information content (AvgIpc) is 3.94. The number of hydrogen-bond donors (Lipinski definition) is 2. The van der Waals surface area contributed by atoms with Gasteiger partial charge in [0, 0.05) is 47.6 Å². The first kappa shape index (κ1) is 27.2. The molecule has 3 aromatic rings. The van der Waals surface area contributed by atoms with Gasteiger partial charge in [-0.25, -0.2) is 13.1 Å². The Labute approximate surface area is 251 Å². The highest BCUT2D eigenvalue weighted by Crippen LogP contribution is 2.66. The first-order valence-electron chi connectivity index (χ1n) is 15.7. The minimum Gasteiger partial charge on any atom is -0.508 e. The Hall–Kier alpha value is -3.37. The van der Waals surface area contributed by atoms with Crippen molar-refractivity contribution >= 4 is 32.7 Å². The van der Waals surface area contributed by atoms with E-state index in [0.29, 0.717) is 63.6 Å². The molecule has 2 amide bonds. The molecule has 2 aliphatic heterocycles. The summed E-state index contributed by atoms with van der Waals surface area (Å²) in [6.45, 7) is 2.64. The maximum Gasteiger partial charge on any atom is 0.264 e. The third-order valence-corrected chi connectivity index (χ3v) is 12.3. The summed E-state index contributed by atoms with van der Waals surface area (Å²) in [6, 6.07) is 11.1. The molecule has 1 saturated heterocycles. The number of sulfonamides is 1. The highest BCUT2D eigenvalue weighted by atomic mass is 32.2. The van der Waals surface area contributed by atoms with E-state index < -0.39 is 26.6 Å². The zero-order valence-electron chi connectivity index (χ0n) is 24.2. The van der Waals surface area contributed by atoms with Crippen LogP contribution in [0.1, 0.15) is 84.7 Å². The number of carbonyl (C=O) groups excluding carboxylic acids is 2. The van der Waals surface area contributed by atoms with E-state index in [1.807, 2.05) is 29.2 Å². The summed E-state index contributed by atoms with van der Waals surface area (Å²) in [4.78, 5) is 29.5. The van der Waals surface area contributed by atoms with Crippen LogP contribution >= 0.6 is 0 Å². The number of morpholine rings is 1. The van der Waals surface area contributed by atoms with Crippen molar-refractivity contribution in [2.24, 2.45) is 5.41 Å². The molecule has 8 rings (SSSR count). The normalized spacial score (nSPS) is 25.4. The van der Waals surface area contributed by atoms with Gasteiger partial charge in [0.05, 0.1) is 29.6 Å². The van der Waals surface area contributed by atoms with Gasteiger partial charge < -0.3 is 19.3 Å². The van der Waals surface area contributed by atoms with E-state index in [2.05, 4.69) is 9.29 Å². The lowest BCUT2D eigenvalue weighted by Gasteiger charge is -2.31. The fraction of sp³-hybridized carbons (Fsp3) is 0.515. The number of amides is 2. The molecule has 1 aromatic heterocycles. The van der Waals surface area contributed by atoms with Gasteiger partial charge in [-0.15, -0.1) is 0 Å². The van der Waals surface area contributed by atoms with E-state index >= 15 is 0 Å². The molecule has 2 atom stereocenters. The molecule has 0 spiro atoms. The van der Waals surface area contributed by atoms with Gasteiger partial charge in [-0.3, -0.25) is 9.59 Å². The molecule has 2 N–H and O–H groups in total. The molecule has 0 bridgehead atoms. The van der Waals surface area contributed by atoms with E-state index in [4.69, 9.17) is 4.74 Å². The SMILES string of the molecule is O=C(NS(=O)(=O)C1CC1)c1ccc2c(C3CCCCC3)c3n(c2c1)CC1(C(=O)N2CCOCC2)CC1c1cc(O)ccc1-3. The minimum absolute atomic E-state index is 0.0192. The molecule has 5 aliphatic rings. The lowest BCUT2D eigenvalue weighted by atomic mass is 9.81. The summed E-state index contributed by atoms with van der Waals surface area (Å²) in [5.41, 5.74) is 4.85. The van der Waals surface area contributed by atoms with E-state index in [1.54, 1.807) is 12.1 Å².